The fraction of sp³-hybridized carbons (Fsp3) is 0.455. The highest BCUT2D eigenvalue weighted by atomic mass is 79.9. The van der Waals surface area contributed by atoms with Gasteiger partial charge in [0, 0.05) is 22.6 Å². The lowest BCUT2D eigenvalue weighted by Gasteiger charge is -2.24. The normalized spacial score (nSPS) is 16.2. The van der Waals surface area contributed by atoms with E-state index in [1.165, 1.54) is 0 Å². The van der Waals surface area contributed by atoms with Gasteiger partial charge in [-0.3, -0.25) is 0 Å². The van der Waals surface area contributed by atoms with Gasteiger partial charge in [-0.1, -0.05) is 22.9 Å². The average molecular weight is 273 g/mol. The van der Waals surface area contributed by atoms with Gasteiger partial charge in [-0.2, -0.15) is 0 Å². The zero-order valence-corrected chi connectivity index (χ0v) is 10.1. The van der Waals surface area contributed by atoms with Crippen LogP contribution in [-0.2, 0) is 0 Å². The van der Waals surface area contributed by atoms with E-state index in [0.29, 0.717) is 13.2 Å². The zero-order valence-electron chi connectivity index (χ0n) is 8.50. The summed E-state index contributed by atoms with van der Waals surface area (Å²) in [7, 11) is 0. The predicted octanol–water partition coefficient (Wildman–Crippen LogP) is 2.32. The third-order valence-corrected chi connectivity index (χ3v) is 3.15. The minimum Gasteiger partial charge on any atom is -0.486 e. The van der Waals surface area contributed by atoms with Crippen LogP contribution < -0.4 is 9.47 Å². The number of hydrogen-bond acceptors (Lipinski definition) is 3. The maximum absolute atomic E-state index is 9.20. The Balaban J connectivity index is 2.50. The number of benzene rings is 1. The Kier molecular flexibility index (Phi) is 3.17. The lowest BCUT2D eigenvalue weighted by atomic mass is 10.0. The van der Waals surface area contributed by atoms with Crippen molar-refractivity contribution in [2.45, 2.75) is 12.8 Å². The first-order valence-electron chi connectivity index (χ1n) is 4.93. The molecule has 1 aliphatic heterocycles. The molecule has 1 aromatic rings. The summed E-state index contributed by atoms with van der Waals surface area (Å²) in [6.45, 7) is 3.20. The van der Waals surface area contributed by atoms with Gasteiger partial charge in [0.25, 0.3) is 0 Å². The molecule has 1 N–H and O–H groups in total. The Hall–Kier alpha value is -0.740. The van der Waals surface area contributed by atoms with Crippen LogP contribution in [-0.4, -0.2) is 24.9 Å². The van der Waals surface area contributed by atoms with E-state index in [0.717, 1.165) is 21.5 Å². The first-order chi connectivity index (χ1) is 7.24. The van der Waals surface area contributed by atoms with Crippen molar-refractivity contribution in [2.75, 3.05) is 19.8 Å². The lowest BCUT2D eigenvalue weighted by Crippen LogP contribution is -2.17. The number of halogens is 1. The molecule has 1 aromatic carbocycles. The Bertz CT molecular complexity index is 365. The molecule has 0 fully saturated rings. The van der Waals surface area contributed by atoms with E-state index in [1.54, 1.807) is 0 Å². The Morgan fingerprint density at radius 2 is 2.13 bits per heavy atom. The SMILES string of the molecule is CC(CO)c1c(Br)ccc2c1OCCO2. The Labute approximate surface area is 97.1 Å². The number of ether oxygens (including phenoxy) is 2. The molecule has 2 rings (SSSR count). The van der Waals surface area contributed by atoms with Crippen molar-refractivity contribution in [3.8, 4) is 11.5 Å². The largest absolute Gasteiger partial charge is 0.486 e. The Morgan fingerprint density at radius 3 is 2.87 bits per heavy atom. The summed E-state index contributed by atoms with van der Waals surface area (Å²) in [4.78, 5) is 0. The third-order valence-electron chi connectivity index (χ3n) is 2.46. The quantitative estimate of drug-likeness (QED) is 0.898. The number of hydrogen-bond donors (Lipinski definition) is 1. The van der Waals surface area contributed by atoms with Crippen LogP contribution in [0.25, 0.3) is 0 Å². The van der Waals surface area contributed by atoms with Crippen LogP contribution in [0.4, 0.5) is 0 Å². The molecule has 1 unspecified atom stereocenters. The van der Waals surface area contributed by atoms with Gasteiger partial charge >= 0.3 is 0 Å². The van der Waals surface area contributed by atoms with Crippen molar-refractivity contribution < 1.29 is 14.6 Å². The lowest BCUT2D eigenvalue weighted by molar-refractivity contribution is 0.167. The van der Waals surface area contributed by atoms with Crippen molar-refractivity contribution in [2.24, 2.45) is 0 Å². The molecule has 4 heteroatoms. The monoisotopic (exact) mass is 272 g/mol. The molecule has 0 radical (unpaired) electrons. The smallest absolute Gasteiger partial charge is 0.166 e. The van der Waals surface area contributed by atoms with Crippen molar-refractivity contribution in [3.63, 3.8) is 0 Å². The summed E-state index contributed by atoms with van der Waals surface area (Å²) < 4.78 is 12.0. The highest BCUT2D eigenvalue weighted by molar-refractivity contribution is 9.10. The number of fused-ring (bicyclic) bond motifs is 1. The van der Waals surface area contributed by atoms with E-state index in [4.69, 9.17) is 9.47 Å². The highest BCUT2D eigenvalue weighted by Crippen LogP contribution is 2.41. The van der Waals surface area contributed by atoms with E-state index in [1.807, 2.05) is 19.1 Å². The molecule has 0 aromatic heterocycles. The second-order valence-electron chi connectivity index (χ2n) is 3.57. The average Bonchev–Trinajstić information content (AvgIpc) is 2.28. The summed E-state index contributed by atoms with van der Waals surface area (Å²) in [5.41, 5.74) is 0.981. The minimum absolute atomic E-state index is 0.0380. The van der Waals surface area contributed by atoms with Gasteiger partial charge < -0.3 is 14.6 Å². The first-order valence-corrected chi connectivity index (χ1v) is 5.72. The van der Waals surface area contributed by atoms with Crippen molar-refractivity contribution >= 4 is 15.9 Å². The second-order valence-corrected chi connectivity index (χ2v) is 4.42. The van der Waals surface area contributed by atoms with Crippen molar-refractivity contribution in [3.05, 3.63) is 22.2 Å². The van der Waals surface area contributed by atoms with Gasteiger partial charge in [0.05, 0.1) is 0 Å². The number of aliphatic hydroxyl groups is 1. The van der Waals surface area contributed by atoms with Crippen molar-refractivity contribution in [1.82, 2.24) is 0 Å². The molecular formula is C11H13BrO3. The van der Waals surface area contributed by atoms with Crippen LogP contribution in [0.3, 0.4) is 0 Å². The Morgan fingerprint density at radius 1 is 1.40 bits per heavy atom. The van der Waals surface area contributed by atoms with Gasteiger partial charge in [-0.05, 0) is 12.1 Å². The maximum atomic E-state index is 9.20. The molecule has 1 heterocycles. The van der Waals surface area contributed by atoms with Gasteiger partial charge in [-0.25, -0.2) is 0 Å². The molecule has 0 bridgehead atoms. The summed E-state index contributed by atoms with van der Waals surface area (Å²) in [6.07, 6.45) is 0. The molecule has 0 amide bonds. The zero-order chi connectivity index (χ0) is 10.8. The van der Waals surface area contributed by atoms with Crippen LogP contribution in [0.15, 0.2) is 16.6 Å². The molecule has 3 nitrogen and oxygen atoms in total. The molecule has 1 aliphatic rings. The van der Waals surface area contributed by atoms with Crippen LogP contribution in [0.2, 0.25) is 0 Å². The predicted molar refractivity (Wildman–Crippen MR) is 60.6 cm³/mol. The molecule has 82 valence electrons. The summed E-state index contributed by atoms with van der Waals surface area (Å²) >= 11 is 3.47. The fourth-order valence-corrected chi connectivity index (χ4v) is 2.37. The summed E-state index contributed by atoms with van der Waals surface area (Å²) in [5.74, 6) is 1.56. The third kappa shape index (κ3) is 1.96. The molecule has 0 saturated heterocycles. The molecule has 0 aliphatic carbocycles. The molecule has 15 heavy (non-hydrogen) atoms. The summed E-state index contributed by atoms with van der Waals surface area (Å²) in [6, 6.07) is 3.81. The minimum atomic E-state index is 0.0380. The van der Waals surface area contributed by atoms with Crippen LogP contribution >= 0.6 is 15.9 Å². The first kappa shape index (κ1) is 10.8. The number of aliphatic hydroxyl groups excluding tert-OH is 1. The highest BCUT2D eigenvalue weighted by Gasteiger charge is 2.21. The summed E-state index contributed by atoms with van der Waals surface area (Å²) in [5, 5.41) is 9.20. The van der Waals surface area contributed by atoms with Crippen LogP contribution in [0.1, 0.15) is 18.4 Å². The van der Waals surface area contributed by atoms with Crippen LogP contribution in [0, 0.1) is 0 Å². The van der Waals surface area contributed by atoms with Gasteiger partial charge in [-0.15, -0.1) is 0 Å². The molecule has 0 spiro atoms. The standard InChI is InChI=1S/C11H13BrO3/c1-7(6-13)10-8(12)2-3-9-11(10)15-5-4-14-9/h2-3,7,13H,4-6H2,1H3. The van der Waals surface area contributed by atoms with E-state index in [-0.39, 0.29) is 12.5 Å². The van der Waals surface area contributed by atoms with Crippen LogP contribution in [0.5, 0.6) is 11.5 Å². The molecular weight excluding hydrogens is 260 g/mol. The molecule has 0 saturated carbocycles. The van der Waals surface area contributed by atoms with Gasteiger partial charge in [0.2, 0.25) is 0 Å². The van der Waals surface area contributed by atoms with Crippen molar-refractivity contribution in [1.29, 1.82) is 0 Å². The number of rotatable bonds is 2. The maximum Gasteiger partial charge on any atom is 0.166 e. The molecule has 1 atom stereocenters. The van der Waals surface area contributed by atoms with E-state index >= 15 is 0 Å². The van der Waals surface area contributed by atoms with Gasteiger partial charge in [0.15, 0.2) is 11.5 Å². The second kappa shape index (κ2) is 4.41. The van der Waals surface area contributed by atoms with Gasteiger partial charge in [0.1, 0.15) is 13.2 Å². The van der Waals surface area contributed by atoms with E-state index in [2.05, 4.69) is 15.9 Å². The van der Waals surface area contributed by atoms with E-state index in [9.17, 15) is 5.11 Å². The fourth-order valence-electron chi connectivity index (χ4n) is 1.66. The topological polar surface area (TPSA) is 38.7 Å². The van der Waals surface area contributed by atoms with E-state index < -0.39 is 0 Å².